The second-order valence-corrected chi connectivity index (χ2v) is 21.2. The van der Waals surface area contributed by atoms with Gasteiger partial charge in [0.2, 0.25) is 0 Å². The Bertz CT molecular complexity index is 1130. The van der Waals surface area contributed by atoms with Crippen LogP contribution in [0.25, 0.3) is 0 Å². The molecule has 0 aliphatic carbocycles. The minimum atomic E-state index is -2.82. The van der Waals surface area contributed by atoms with Crippen molar-refractivity contribution in [3.05, 3.63) is 0 Å². The zero-order valence-corrected chi connectivity index (χ0v) is 33.3. The van der Waals surface area contributed by atoms with Gasteiger partial charge in [-0.1, -0.05) is 13.8 Å². The third-order valence-electron chi connectivity index (χ3n) is 9.65. The van der Waals surface area contributed by atoms with Crippen molar-refractivity contribution in [2.75, 3.05) is 65.2 Å². The van der Waals surface area contributed by atoms with Crippen LogP contribution in [0.15, 0.2) is 0 Å². The summed E-state index contributed by atoms with van der Waals surface area (Å²) in [5.74, 6) is 2.14. The van der Waals surface area contributed by atoms with Crippen molar-refractivity contribution in [3.63, 3.8) is 0 Å². The maximum absolute atomic E-state index is 11.3. The van der Waals surface area contributed by atoms with Crippen LogP contribution >= 0.6 is 11.8 Å². The predicted molar refractivity (Wildman–Crippen MR) is 189 cm³/mol. The smallest absolute Gasteiger partial charge is 0.155 e. The minimum absolute atomic E-state index is 0.0648. The lowest BCUT2D eigenvalue weighted by molar-refractivity contribution is 0.0270. The lowest BCUT2D eigenvalue weighted by Crippen LogP contribution is -2.26. The maximum Gasteiger partial charge on any atom is 0.155 e. The lowest BCUT2D eigenvalue weighted by atomic mass is 10.2. The number of hydrogen-bond acceptors (Lipinski definition) is 13. The van der Waals surface area contributed by atoms with E-state index in [1.165, 1.54) is 12.2 Å². The summed E-state index contributed by atoms with van der Waals surface area (Å²) in [7, 11) is -0.223. The summed E-state index contributed by atoms with van der Waals surface area (Å²) < 4.78 is 97.3. The highest BCUT2D eigenvalue weighted by molar-refractivity contribution is 8.00. The third kappa shape index (κ3) is 13.9. The first kappa shape index (κ1) is 45.0. The zero-order chi connectivity index (χ0) is 36.0. The van der Waals surface area contributed by atoms with Gasteiger partial charge in [-0.25, -0.2) is 25.3 Å². The fourth-order valence-corrected chi connectivity index (χ4v) is 12.7. The number of hydrogen-bond donors (Lipinski definition) is 0. The number of sulfone groups is 3. The molecule has 0 spiro atoms. The predicted octanol–water partition coefficient (Wildman–Crippen LogP) is 3.35. The molecule has 5 saturated heterocycles. The molecule has 5 aliphatic heterocycles. The van der Waals surface area contributed by atoms with Gasteiger partial charge in [0, 0.05) is 47.4 Å². The topological polar surface area (TPSA) is 158 Å². The zero-order valence-electron chi connectivity index (χ0n) is 30.1. The van der Waals surface area contributed by atoms with Gasteiger partial charge in [0.15, 0.2) is 29.5 Å². The summed E-state index contributed by atoms with van der Waals surface area (Å²) in [4.78, 5) is 0. The van der Waals surface area contributed by atoms with Gasteiger partial charge in [-0.15, -0.1) is 0 Å². The van der Waals surface area contributed by atoms with Crippen molar-refractivity contribution in [2.24, 2.45) is 0 Å². The molecule has 47 heavy (non-hydrogen) atoms. The molecule has 282 valence electrons. The first-order valence-electron chi connectivity index (χ1n) is 16.5. The Morgan fingerprint density at radius 1 is 0.574 bits per heavy atom. The second-order valence-electron chi connectivity index (χ2n) is 12.4. The van der Waals surface area contributed by atoms with Gasteiger partial charge in [0.25, 0.3) is 0 Å². The van der Waals surface area contributed by atoms with E-state index in [0.717, 1.165) is 18.3 Å². The highest BCUT2D eigenvalue weighted by Crippen LogP contribution is 2.28. The van der Waals surface area contributed by atoms with Crippen molar-refractivity contribution in [1.82, 2.24) is 0 Å². The SMILES string of the molecule is CC[C@@H]1[C@H](OC)CCS1(=O)=O.CO[C@@H]1CCS(=O)(=O)[C@@H]1C.CO[C@H]1CCO[C@H]1C.CO[C@H]1CCS(=O)(=O)[C@H]1C.CO[C@H]1CCS[C@H]1C. The Labute approximate surface area is 289 Å². The summed E-state index contributed by atoms with van der Waals surface area (Å²) in [5, 5.41) is -0.150. The van der Waals surface area contributed by atoms with Gasteiger partial charge in [-0.2, -0.15) is 11.8 Å². The molecular formula is C31H62O12S4. The Hall–Kier alpha value is -0.0400. The number of methoxy groups -OCH3 is 5. The molecular weight excluding hydrogens is 693 g/mol. The normalized spacial score (nSPS) is 37.7. The Morgan fingerprint density at radius 2 is 1.00 bits per heavy atom. The van der Waals surface area contributed by atoms with Crippen LogP contribution in [0.4, 0.5) is 0 Å². The van der Waals surface area contributed by atoms with Crippen LogP contribution in [0.2, 0.25) is 0 Å². The molecule has 0 unspecified atom stereocenters. The standard InChI is InChI=1S/C7H14O3S.2C6H12O3S.C6H12O2.C6H12OS/c1-3-7-6(10-2)4-5-11(7,8)9;2*1-5-6(9-2)3-4-10(5,7)8;2*1-5-6(7-2)3-4-8-5/h6-7H,3-5H2,1-2H3;2*5-6H,3-4H2,1-2H3;2*5-6H,3-4H2,1-2H3/t6-,7-;4*5-,6-/m11000/s1. The minimum Gasteiger partial charge on any atom is -0.380 e. The first-order chi connectivity index (χ1) is 22.0. The van der Waals surface area contributed by atoms with Crippen LogP contribution < -0.4 is 0 Å². The molecule has 10 atom stereocenters. The molecule has 16 heteroatoms. The fourth-order valence-electron chi connectivity index (χ4n) is 6.16. The van der Waals surface area contributed by atoms with Crippen molar-refractivity contribution in [1.29, 1.82) is 0 Å². The van der Waals surface area contributed by atoms with Gasteiger partial charge in [-0.05, 0) is 65.0 Å². The summed E-state index contributed by atoms with van der Waals surface area (Å²) in [6.45, 7) is 10.4. The summed E-state index contributed by atoms with van der Waals surface area (Å²) in [6.07, 6.45) is 5.88. The van der Waals surface area contributed by atoms with Crippen molar-refractivity contribution in [3.8, 4) is 0 Å². The number of ether oxygens (including phenoxy) is 6. The van der Waals surface area contributed by atoms with E-state index in [0.29, 0.717) is 49.7 Å². The molecule has 5 fully saturated rings. The molecule has 12 nitrogen and oxygen atoms in total. The van der Waals surface area contributed by atoms with Crippen LogP contribution in [0.5, 0.6) is 0 Å². The van der Waals surface area contributed by atoms with Crippen LogP contribution in [0, 0.1) is 0 Å². The fraction of sp³-hybridized carbons (Fsp3) is 1.00. The molecule has 5 aliphatic rings. The van der Waals surface area contributed by atoms with Gasteiger partial charge in [0.1, 0.15) is 0 Å². The quantitative estimate of drug-likeness (QED) is 0.389. The van der Waals surface area contributed by atoms with E-state index in [2.05, 4.69) is 6.92 Å². The van der Waals surface area contributed by atoms with Gasteiger partial charge in [-0.3, -0.25) is 0 Å². The summed E-state index contributed by atoms with van der Waals surface area (Å²) in [6, 6.07) is 0. The molecule has 0 bridgehead atoms. The summed E-state index contributed by atoms with van der Waals surface area (Å²) >= 11 is 2.00. The molecule has 0 radical (unpaired) electrons. The highest BCUT2D eigenvalue weighted by atomic mass is 32.2. The maximum atomic E-state index is 11.3. The molecule has 0 aromatic carbocycles. The highest BCUT2D eigenvalue weighted by Gasteiger charge is 2.39. The van der Waals surface area contributed by atoms with Gasteiger partial charge in [0.05, 0.1) is 69.6 Å². The van der Waals surface area contributed by atoms with E-state index in [4.69, 9.17) is 28.4 Å². The van der Waals surface area contributed by atoms with E-state index in [1.54, 1.807) is 49.4 Å². The first-order valence-corrected chi connectivity index (χ1v) is 22.7. The molecule has 0 aromatic rings. The molecule has 5 heterocycles. The molecule has 0 amide bonds. The van der Waals surface area contributed by atoms with Crippen LogP contribution in [-0.4, -0.2) is 148 Å². The average molecular weight is 755 g/mol. The largest absolute Gasteiger partial charge is 0.380 e. The van der Waals surface area contributed by atoms with E-state index >= 15 is 0 Å². The van der Waals surface area contributed by atoms with Crippen molar-refractivity contribution >= 4 is 41.3 Å². The van der Waals surface area contributed by atoms with Crippen LogP contribution in [0.3, 0.4) is 0 Å². The van der Waals surface area contributed by atoms with Gasteiger partial charge >= 0.3 is 0 Å². The average Bonchev–Trinajstić information content (AvgIpc) is 3.83. The van der Waals surface area contributed by atoms with E-state index in [1.807, 2.05) is 25.6 Å². The monoisotopic (exact) mass is 754 g/mol. The lowest BCUT2D eigenvalue weighted by Gasteiger charge is -2.14. The molecule has 5 rings (SSSR count). The Kier molecular flexibility index (Phi) is 20.4. The van der Waals surface area contributed by atoms with E-state index in [-0.39, 0.29) is 45.6 Å². The summed E-state index contributed by atoms with van der Waals surface area (Å²) in [5.41, 5.74) is 0. The third-order valence-corrected chi connectivity index (χ3v) is 17.8. The molecule has 0 saturated carbocycles. The number of thioether (sulfide) groups is 1. The van der Waals surface area contributed by atoms with Gasteiger partial charge < -0.3 is 28.4 Å². The van der Waals surface area contributed by atoms with Crippen LogP contribution in [-0.2, 0) is 57.9 Å². The Balaban J connectivity index is 0.000000295. The number of rotatable bonds is 6. The van der Waals surface area contributed by atoms with E-state index in [9.17, 15) is 25.3 Å². The molecule has 0 aromatic heterocycles. The van der Waals surface area contributed by atoms with Crippen LogP contribution in [0.1, 0.15) is 73.1 Å². The molecule has 0 N–H and O–H groups in total. The van der Waals surface area contributed by atoms with Crippen molar-refractivity contribution < 1.29 is 53.7 Å². The van der Waals surface area contributed by atoms with E-state index < -0.39 is 29.5 Å². The Morgan fingerprint density at radius 3 is 1.21 bits per heavy atom. The van der Waals surface area contributed by atoms with Crippen molar-refractivity contribution in [2.45, 2.75) is 131 Å². The second kappa shape index (κ2) is 21.4.